The molecule has 102 valence electrons. The summed E-state index contributed by atoms with van der Waals surface area (Å²) in [4.78, 5) is 9.22. The third-order valence-electron chi connectivity index (χ3n) is 3.51. The Morgan fingerprint density at radius 3 is 2.78 bits per heavy atom. The van der Waals surface area contributed by atoms with Gasteiger partial charge in [0.15, 0.2) is 0 Å². The van der Waals surface area contributed by atoms with E-state index in [-0.39, 0.29) is 0 Å². The minimum atomic E-state index is 0.462. The van der Waals surface area contributed by atoms with Crippen molar-refractivity contribution in [2.24, 2.45) is 0 Å². The Kier molecular flexibility index (Phi) is 4.60. The number of rotatable bonds is 5. The molecule has 0 unspecified atom stereocenters. The Hall–Kier alpha value is -1.07. The summed E-state index contributed by atoms with van der Waals surface area (Å²) >= 11 is 0. The topological polar surface area (TPSA) is 36.3 Å². The molecule has 5 nitrogen and oxygen atoms in total. The van der Waals surface area contributed by atoms with Crippen LogP contribution < -0.4 is 10.2 Å². The van der Waals surface area contributed by atoms with Crippen molar-refractivity contribution in [3.63, 3.8) is 0 Å². The number of anilines is 1. The Balaban J connectivity index is 1.86. The van der Waals surface area contributed by atoms with Gasteiger partial charge >= 0.3 is 0 Å². The quantitative estimate of drug-likeness (QED) is 0.840. The molecule has 0 aromatic carbocycles. The van der Waals surface area contributed by atoms with E-state index in [1.807, 2.05) is 6.20 Å². The summed E-state index contributed by atoms with van der Waals surface area (Å²) < 4.78 is 2.22. The van der Waals surface area contributed by atoms with Gasteiger partial charge in [0, 0.05) is 64.8 Å². The van der Waals surface area contributed by atoms with Crippen LogP contribution in [0.2, 0.25) is 0 Å². The number of piperazine rings is 1. The zero-order chi connectivity index (χ0) is 13.0. The van der Waals surface area contributed by atoms with E-state index in [9.17, 15) is 0 Å². The van der Waals surface area contributed by atoms with E-state index in [2.05, 4.69) is 51.8 Å². The van der Waals surface area contributed by atoms with Gasteiger partial charge < -0.3 is 14.8 Å². The Morgan fingerprint density at radius 1 is 1.39 bits per heavy atom. The van der Waals surface area contributed by atoms with E-state index in [1.165, 1.54) is 0 Å². The molecule has 1 aliphatic rings. The zero-order valence-electron chi connectivity index (χ0n) is 11.8. The number of likely N-dealkylation sites (N-methyl/N-ethyl adjacent to an activating group) is 1. The predicted molar refractivity (Wildman–Crippen MR) is 75.2 cm³/mol. The fourth-order valence-corrected chi connectivity index (χ4v) is 2.33. The van der Waals surface area contributed by atoms with Gasteiger partial charge in [-0.2, -0.15) is 0 Å². The standard InChI is InChI=1S/C13H25N5/c1-12(2)18-9-6-15-13(18)16(3)10-11-17-7-4-14-5-8-17/h6,9,12,14H,4-5,7-8,10-11H2,1-3H3. The SMILES string of the molecule is CC(C)n1ccnc1N(C)CCN1CCNCC1. The number of nitrogens with zero attached hydrogens (tertiary/aromatic N) is 4. The van der Waals surface area contributed by atoms with Gasteiger partial charge in [-0.1, -0.05) is 0 Å². The van der Waals surface area contributed by atoms with E-state index < -0.39 is 0 Å². The number of imidazole rings is 1. The molecule has 18 heavy (non-hydrogen) atoms. The van der Waals surface area contributed by atoms with Gasteiger partial charge in [0.1, 0.15) is 0 Å². The van der Waals surface area contributed by atoms with E-state index >= 15 is 0 Å². The monoisotopic (exact) mass is 251 g/mol. The molecule has 2 heterocycles. The second-order valence-electron chi connectivity index (χ2n) is 5.24. The van der Waals surface area contributed by atoms with Gasteiger partial charge in [-0.15, -0.1) is 0 Å². The van der Waals surface area contributed by atoms with E-state index in [0.717, 1.165) is 45.2 Å². The van der Waals surface area contributed by atoms with Gasteiger partial charge in [0.25, 0.3) is 0 Å². The molecule has 1 aliphatic heterocycles. The fourth-order valence-electron chi connectivity index (χ4n) is 2.33. The third-order valence-corrected chi connectivity index (χ3v) is 3.51. The third kappa shape index (κ3) is 3.23. The lowest BCUT2D eigenvalue weighted by Gasteiger charge is -2.29. The van der Waals surface area contributed by atoms with Crippen LogP contribution in [0.4, 0.5) is 5.95 Å². The Morgan fingerprint density at radius 2 is 2.11 bits per heavy atom. The molecular formula is C13H25N5. The van der Waals surface area contributed by atoms with E-state index in [1.54, 1.807) is 0 Å². The minimum Gasteiger partial charge on any atom is -0.344 e. The highest BCUT2D eigenvalue weighted by atomic mass is 15.3. The lowest BCUT2D eigenvalue weighted by atomic mass is 10.3. The first-order chi connectivity index (χ1) is 8.68. The van der Waals surface area contributed by atoms with Gasteiger partial charge in [0.05, 0.1) is 0 Å². The van der Waals surface area contributed by atoms with Crippen LogP contribution in [0.25, 0.3) is 0 Å². The van der Waals surface area contributed by atoms with Crippen LogP contribution in [0.3, 0.4) is 0 Å². The number of hydrogen-bond donors (Lipinski definition) is 1. The van der Waals surface area contributed by atoms with Crippen molar-refractivity contribution in [1.29, 1.82) is 0 Å². The molecule has 0 atom stereocenters. The highest BCUT2D eigenvalue weighted by Crippen LogP contribution is 2.15. The fraction of sp³-hybridized carbons (Fsp3) is 0.769. The molecule has 5 heteroatoms. The average Bonchev–Trinajstić information content (AvgIpc) is 2.86. The van der Waals surface area contributed by atoms with E-state index in [4.69, 9.17) is 0 Å². The second kappa shape index (κ2) is 6.20. The molecule has 1 fully saturated rings. The molecule has 0 spiro atoms. The Bertz CT molecular complexity index is 354. The second-order valence-corrected chi connectivity index (χ2v) is 5.24. The first kappa shape index (κ1) is 13.4. The van der Waals surface area contributed by atoms with Crippen LogP contribution in [0, 0.1) is 0 Å². The first-order valence-corrected chi connectivity index (χ1v) is 6.85. The molecule has 0 aliphatic carbocycles. The summed E-state index contributed by atoms with van der Waals surface area (Å²) in [6, 6.07) is 0.462. The molecule has 1 saturated heterocycles. The van der Waals surface area contributed by atoms with Crippen molar-refractivity contribution in [1.82, 2.24) is 19.8 Å². The summed E-state index contributed by atoms with van der Waals surface area (Å²) in [5, 5.41) is 3.38. The van der Waals surface area contributed by atoms with E-state index in [0.29, 0.717) is 6.04 Å². The Labute approximate surface area is 110 Å². The maximum atomic E-state index is 4.46. The van der Waals surface area contributed by atoms with Crippen LogP contribution in [0.1, 0.15) is 19.9 Å². The zero-order valence-corrected chi connectivity index (χ0v) is 11.8. The number of aromatic nitrogens is 2. The summed E-state index contributed by atoms with van der Waals surface area (Å²) in [6.45, 7) is 11.1. The largest absolute Gasteiger partial charge is 0.344 e. The van der Waals surface area contributed by atoms with Crippen LogP contribution in [0.15, 0.2) is 12.4 Å². The maximum absolute atomic E-state index is 4.46. The van der Waals surface area contributed by atoms with Crippen LogP contribution >= 0.6 is 0 Å². The van der Waals surface area contributed by atoms with Crippen LogP contribution in [-0.4, -0.2) is 60.8 Å². The number of nitrogens with one attached hydrogen (secondary N) is 1. The molecule has 1 aromatic rings. The van der Waals surface area contributed by atoms with Crippen LogP contribution in [0.5, 0.6) is 0 Å². The molecule has 0 bridgehead atoms. The summed E-state index contributed by atoms with van der Waals surface area (Å²) in [6.07, 6.45) is 3.94. The van der Waals surface area contributed by atoms with Gasteiger partial charge in [0.2, 0.25) is 5.95 Å². The maximum Gasteiger partial charge on any atom is 0.205 e. The predicted octanol–water partition coefficient (Wildman–Crippen LogP) is 0.805. The van der Waals surface area contributed by atoms with Crippen molar-refractivity contribution in [3.8, 4) is 0 Å². The van der Waals surface area contributed by atoms with Crippen molar-refractivity contribution < 1.29 is 0 Å². The normalized spacial score (nSPS) is 17.3. The molecule has 1 aromatic heterocycles. The molecular weight excluding hydrogens is 226 g/mol. The molecule has 1 N–H and O–H groups in total. The summed E-state index contributed by atoms with van der Waals surface area (Å²) in [5.74, 6) is 1.07. The molecule has 0 radical (unpaired) electrons. The first-order valence-electron chi connectivity index (χ1n) is 6.85. The highest BCUT2D eigenvalue weighted by molar-refractivity contribution is 5.30. The molecule has 2 rings (SSSR count). The lowest BCUT2D eigenvalue weighted by Crippen LogP contribution is -2.46. The highest BCUT2D eigenvalue weighted by Gasteiger charge is 2.13. The average molecular weight is 251 g/mol. The van der Waals surface area contributed by atoms with Crippen molar-refractivity contribution in [2.45, 2.75) is 19.9 Å². The van der Waals surface area contributed by atoms with Crippen molar-refractivity contribution in [2.75, 3.05) is 51.2 Å². The van der Waals surface area contributed by atoms with Gasteiger partial charge in [-0.3, -0.25) is 4.90 Å². The van der Waals surface area contributed by atoms with Gasteiger partial charge in [-0.05, 0) is 13.8 Å². The van der Waals surface area contributed by atoms with Gasteiger partial charge in [-0.25, -0.2) is 4.98 Å². The van der Waals surface area contributed by atoms with Crippen LogP contribution in [-0.2, 0) is 0 Å². The van der Waals surface area contributed by atoms with Crippen molar-refractivity contribution >= 4 is 5.95 Å². The number of hydrogen-bond acceptors (Lipinski definition) is 4. The smallest absolute Gasteiger partial charge is 0.205 e. The summed E-state index contributed by atoms with van der Waals surface area (Å²) in [7, 11) is 2.13. The van der Waals surface area contributed by atoms with Crippen molar-refractivity contribution in [3.05, 3.63) is 12.4 Å². The lowest BCUT2D eigenvalue weighted by molar-refractivity contribution is 0.246. The summed E-state index contributed by atoms with van der Waals surface area (Å²) in [5.41, 5.74) is 0. The minimum absolute atomic E-state index is 0.462. The molecule has 0 amide bonds. The molecule has 0 saturated carbocycles.